The van der Waals surface area contributed by atoms with Crippen molar-refractivity contribution >= 4 is 0 Å². The number of hydrogen-bond donors (Lipinski definition) is 2. The van der Waals surface area contributed by atoms with Crippen molar-refractivity contribution in [2.24, 2.45) is 5.92 Å². The molecule has 1 aliphatic carbocycles. The standard InChI is InChI=1S/C12H26N2/c1-10(2)13-8-9-14-12-7-5-4-6-11(12)3/h10-14H,4-9H2,1-3H3. The lowest BCUT2D eigenvalue weighted by Crippen LogP contribution is -2.41. The highest BCUT2D eigenvalue weighted by molar-refractivity contribution is 4.78. The van der Waals surface area contributed by atoms with E-state index >= 15 is 0 Å². The number of nitrogens with one attached hydrogen (secondary N) is 2. The first kappa shape index (κ1) is 12.0. The molecule has 0 bridgehead atoms. The topological polar surface area (TPSA) is 24.1 Å². The maximum Gasteiger partial charge on any atom is 0.00932 e. The van der Waals surface area contributed by atoms with Gasteiger partial charge in [0.15, 0.2) is 0 Å². The molecule has 1 rings (SSSR count). The van der Waals surface area contributed by atoms with Crippen LogP contribution >= 0.6 is 0 Å². The molecule has 2 heteroatoms. The van der Waals surface area contributed by atoms with Gasteiger partial charge in [0.25, 0.3) is 0 Å². The van der Waals surface area contributed by atoms with Gasteiger partial charge in [0.2, 0.25) is 0 Å². The fourth-order valence-corrected chi connectivity index (χ4v) is 2.24. The summed E-state index contributed by atoms with van der Waals surface area (Å²) in [5.41, 5.74) is 0. The first-order valence-corrected chi connectivity index (χ1v) is 6.17. The van der Waals surface area contributed by atoms with Gasteiger partial charge in [-0.25, -0.2) is 0 Å². The zero-order valence-corrected chi connectivity index (χ0v) is 9.97. The molecule has 2 atom stereocenters. The quantitative estimate of drug-likeness (QED) is 0.662. The lowest BCUT2D eigenvalue weighted by Gasteiger charge is -2.29. The molecule has 84 valence electrons. The van der Waals surface area contributed by atoms with E-state index in [1.807, 2.05) is 0 Å². The third-order valence-electron chi connectivity index (χ3n) is 3.20. The molecule has 2 N–H and O–H groups in total. The second kappa shape index (κ2) is 6.41. The second-order valence-corrected chi connectivity index (χ2v) is 4.93. The van der Waals surface area contributed by atoms with Gasteiger partial charge in [0.05, 0.1) is 0 Å². The second-order valence-electron chi connectivity index (χ2n) is 4.93. The van der Waals surface area contributed by atoms with E-state index in [2.05, 4.69) is 31.4 Å². The van der Waals surface area contributed by atoms with Crippen molar-refractivity contribution < 1.29 is 0 Å². The third-order valence-corrected chi connectivity index (χ3v) is 3.20. The highest BCUT2D eigenvalue weighted by atomic mass is 15.0. The molecule has 2 unspecified atom stereocenters. The first-order chi connectivity index (χ1) is 6.70. The van der Waals surface area contributed by atoms with Crippen LogP contribution in [0.4, 0.5) is 0 Å². The minimum absolute atomic E-state index is 0.612. The van der Waals surface area contributed by atoms with E-state index in [0.29, 0.717) is 6.04 Å². The number of rotatable bonds is 5. The Morgan fingerprint density at radius 2 is 1.86 bits per heavy atom. The van der Waals surface area contributed by atoms with Crippen LogP contribution in [-0.4, -0.2) is 25.2 Å². The van der Waals surface area contributed by atoms with Crippen molar-refractivity contribution in [3.05, 3.63) is 0 Å². The Kier molecular flexibility index (Phi) is 5.49. The first-order valence-electron chi connectivity index (χ1n) is 6.17. The van der Waals surface area contributed by atoms with E-state index in [1.165, 1.54) is 25.7 Å². The summed E-state index contributed by atoms with van der Waals surface area (Å²) in [6, 6.07) is 1.39. The van der Waals surface area contributed by atoms with E-state index in [4.69, 9.17) is 0 Å². The minimum atomic E-state index is 0.612. The summed E-state index contributed by atoms with van der Waals surface area (Å²) in [4.78, 5) is 0. The third kappa shape index (κ3) is 4.43. The largest absolute Gasteiger partial charge is 0.313 e. The summed E-state index contributed by atoms with van der Waals surface area (Å²) in [5, 5.41) is 7.10. The van der Waals surface area contributed by atoms with E-state index in [0.717, 1.165) is 25.0 Å². The van der Waals surface area contributed by atoms with Gasteiger partial charge in [-0.05, 0) is 18.8 Å². The molecular weight excluding hydrogens is 172 g/mol. The van der Waals surface area contributed by atoms with Gasteiger partial charge in [-0.1, -0.05) is 33.6 Å². The molecular formula is C12H26N2. The van der Waals surface area contributed by atoms with Crippen LogP contribution in [0.25, 0.3) is 0 Å². The van der Waals surface area contributed by atoms with Crippen LogP contribution in [0.2, 0.25) is 0 Å². The summed E-state index contributed by atoms with van der Waals surface area (Å²) in [7, 11) is 0. The van der Waals surface area contributed by atoms with Gasteiger partial charge >= 0.3 is 0 Å². The summed E-state index contributed by atoms with van der Waals surface area (Å²) < 4.78 is 0. The highest BCUT2D eigenvalue weighted by Crippen LogP contribution is 2.23. The maximum absolute atomic E-state index is 3.66. The van der Waals surface area contributed by atoms with Crippen molar-refractivity contribution in [3.63, 3.8) is 0 Å². The Morgan fingerprint density at radius 3 is 2.50 bits per heavy atom. The smallest absolute Gasteiger partial charge is 0.00932 e. The van der Waals surface area contributed by atoms with Crippen molar-refractivity contribution in [2.45, 2.75) is 58.5 Å². The lowest BCUT2D eigenvalue weighted by atomic mass is 9.86. The lowest BCUT2D eigenvalue weighted by molar-refractivity contribution is 0.280. The summed E-state index contributed by atoms with van der Waals surface area (Å²) in [6.07, 6.45) is 5.64. The van der Waals surface area contributed by atoms with Crippen LogP contribution in [0.3, 0.4) is 0 Å². The molecule has 1 fully saturated rings. The van der Waals surface area contributed by atoms with Crippen molar-refractivity contribution in [1.29, 1.82) is 0 Å². The molecule has 0 aromatic rings. The van der Waals surface area contributed by atoms with Crippen LogP contribution in [0.1, 0.15) is 46.5 Å². The average molecular weight is 198 g/mol. The highest BCUT2D eigenvalue weighted by Gasteiger charge is 2.19. The van der Waals surface area contributed by atoms with Crippen LogP contribution in [0.5, 0.6) is 0 Å². The Balaban J connectivity index is 2.04. The summed E-state index contributed by atoms with van der Waals surface area (Å²) >= 11 is 0. The number of hydrogen-bond acceptors (Lipinski definition) is 2. The summed E-state index contributed by atoms with van der Waals surface area (Å²) in [5.74, 6) is 0.878. The normalized spacial score (nSPS) is 28.3. The Bertz CT molecular complexity index is 145. The molecule has 0 heterocycles. The Labute approximate surface area is 88.8 Å². The van der Waals surface area contributed by atoms with Crippen LogP contribution in [-0.2, 0) is 0 Å². The van der Waals surface area contributed by atoms with Gasteiger partial charge in [0.1, 0.15) is 0 Å². The zero-order chi connectivity index (χ0) is 10.4. The molecule has 0 spiro atoms. The summed E-state index contributed by atoms with van der Waals surface area (Å²) in [6.45, 7) is 8.99. The van der Waals surface area contributed by atoms with Crippen molar-refractivity contribution in [3.8, 4) is 0 Å². The van der Waals surface area contributed by atoms with Crippen molar-refractivity contribution in [2.75, 3.05) is 13.1 Å². The molecule has 14 heavy (non-hydrogen) atoms. The van der Waals surface area contributed by atoms with E-state index in [-0.39, 0.29) is 0 Å². The SMILES string of the molecule is CC(C)NCCNC1CCCCC1C. The Hall–Kier alpha value is -0.0800. The van der Waals surface area contributed by atoms with Crippen molar-refractivity contribution in [1.82, 2.24) is 10.6 Å². The molecule has 0 aromatic carbocycles. The molecule has 2 nitrogen and oxygen atoms in total. The fraction of sp³-hybridized carbons (Fsp3) is 1.00. The van der Waals surface area contributed by atoms with Gasteiger partial charge in [-0.3, -0.25) is 0 Å². The molecule has 0 aromatic heterocycles. The van der Waals surface area contributed by atoms with E-state index in [1.54, 1.807) is 0 Å². The zero-order valence-electron chi connectivity index (χ0n) is 9.97. The predicted molar refractivity (Wildman–Crippen MR) is 62.6 cm³/mol. The monoisotopic (exact) mass is 198 g/mol. The minimum Gasteiger partial charge on any atom is -0.313 e. The molecule has 0 aliphatic heterocycles. The van der Waals surface area contributed by atoms with E-state index < -0.39 is 0 Å². The fourth-order valence-electron chi connectivity index (χ4n) is 2.24. The molecule has 1 aliphatic rings. The van der Waals surface area contributed by atoms with Gasteiger partial charge in [0, 0.05) is 25.2 Å². The molecule has 0 amide bonds. The van der Waals surface area contributed by atoms with Crippen LogP contribution in [0, 0.1) is 5.92 Å². The molecule has 0 saturated heterocycles. The van der Waals surface area contributed by atoms with Crippen LogP contribution in [0.15, 0.2) is 0 Å². The van der Waals surface area contributed by atoms with Gasteiger partial charge in [-0.15, -0.1) is 0 Å². The van der Waals surface area contributed by atoms with E-state index in [9.17, 15) is 0 Å². The average Bonchev–Trinajstić information content (AvgIpc) is 2.15. The predicted octanol–water partition coefficient (Wildman–Crippen LogP) is 2.15. The van der Waals surface area contributed by atoms with Crippen LogP contribution < -0.4 is 10.6 Å². The maximum atomic E-state index is 3.66. The van der Waals surface area contributed by atoms with Gasteiger partial charge < -0.3 is 10.6 Å². The molecule has 0 radical (unpaired) electrons. The van der Waals surface area contributed by atoms with Gasteiger partial charge in [-0.2, -0.15) is 0 Å². The molecule has 1 saturated carbocycles. The Morgan fingerprint density at radius 1 is 1.14 bits per heavy atom.